The van der Waals surface area contributed by atoms with Crippen molar-refractivity contribution in [2.45, 2.75) is 146 Å². The van der Waals surface area contributed by atoms with Crippen LogP contribution in [0.5, 0.6) is 0 Å². The zero-order valence-electron chi connectivity index (χ0n) is 32.5. The van der Waals surface area contributed by atoms with Crippen LogP contribution in [0.25, 0.3) is 5.52 Å². The molecule has 0 radical (unpaired) electrons. The number of rotatable bonds is 27. The van der Waals surface area contributed by atoms with Crippen molar-refractivity contribution >= 4 is 19.2 Å². The summed E-state index contributed by atoms with van der Waals surface area (Å²) in [4.78, 5) is 14.5. The van der Waals surface area contributed by atoms with Gasteiger partial charge in [0.1, 0.15) is 36.4 Å². The molecule has 0 saturated carbocycles. The average Bonchev–Trinajstić information content (AvgIpc) is 3.74. The molecule has 1 aliphatic heterocycles. The van der Waals surface area contributed by atoms with E-state index in [1.807, 2.05) is 6.07 Å². The minimum Gasteiger partial charge on any atom is -0.385 e. The van der Waals surface area contributed by atoms with Gasteiger partial charge in [0.2, 0.25) is 5.60 Å². The molecule has 16 heteroatoms. The first-order valence-electron chi connectivity index (χ1n) is 19.9. The lowest BCUT2D eigenvalue weighted by Gasteiger charge is -2.30. The minimum atomic E-state index is -4.87. The predicted octanol–water partition coefficient (Wildman–Crippen LogP) is 7.53. The second-order valence-corrected chi connectivity index (χ2v) is 16.3. The molecule has 2 aromatic heterocycles. The first kappa shape index (κ1) is 45.2. The number of phosphoric ester groups is 1. The summed E-state index contributed by atoms with van der Waals surface area (Å²) in [6.45, 7) is 0.300. The molecule has 5 atom stereocenters. The lowest BCUT2D eigenvalue weighted by atomic mass is 9.86. The van der Waals surface area contributed by atoms with E-state index in [1.54, 1.807) is 6.07 Å². The summed E-state index contributed by atoms with van der Waals surface area (Å²) < 4.78 is 50.4. The summed E-state index contributed by atoms with van der Waals surface area (Å²) in [5.74, 6) is -0.463. The van der Waals surface area contributed by atoms with Crippen molar-refractivity contribution < 1.29 is 42.6 Å². The van der Waals surface area contributed by atoms with Crippen molar-refractivity contribution in [3.05, 3.63) is 59.3 Å². The molecular weight excluding hydrogens is 742 g/mol. The molecule has 56 heavy (non-hydrogen) atoms. The van der Waals surface area contributed by atoms with Crippen LogP contribution < -0.4 is 5.73 Å². The number of aromatic nitrogens is 3. The fraction of sp³-hybridized carbons (Fsp3) is 0.650. The van der Waals surface area contributed by atoms with Crippen LogP contribution in [-0.4, -0.2) is 67.3 Å². The van der Waals surface area contributed by atoms with Crippen LogP contribution in [0, 0.1) is 28.5 Å². The molecule has 0 aliphatic carbocycles. The number of halogens is 1. The van der Waals surface area contributed by atoms with Gasteiger partial charge in [0.05, 0.1) is 43.3 Å². The van der Waals surface area contributed by atoms with Gasteiger partial charge in [0.15, 0.2) is 11.4 Å². The van der Waals surface area contributed by atoms with Crippen LogP contribution in [-0.2, 0) is 35.3 Å². The number of fused-ring (bicyclic) bond motifs is 1. The van der Waals surface area contributed by atoms with Crippen LogP contribution >= 0.6 is 7.82 Å². The van der Waals surface area contributed by atoms with E-state index in [1.165, 1.54) is 106 Å². The molecule has 0 bridgehead atoms. The molecule has 5 N–H and O–H groups in total. The highest BCUT2D eigenvalue weighted by Crippen LogP contribution is 2.48. The number of aliphatic hydroxyl groups excluding tert-OH is 1. The lowest BCUT2D eigenvalue weighted by Crippen LogP contribution is -2.50. The third-order valence-electron chi connectivity index (χ3n) is 10.4. The predicted molar refractivity (Wildman–Crippen MR) is 207 cm³/mol. The molecule has 3 heterocycles. The molecule has 1 saturated heterocycles. The highest BCUT2D eigenvalue weighted by Gasteiger charge is 2.61. The van der Waals surface area contributed by atoms with Gasteiger partial charge in [-0.25, -0.2) is 18.5 Å². The Morgan fingerprint density at radius 1 is 1.00 bits per heavy atom. The summed E-state index contributed by atoms with van der Waals surface area (Å²) in [6, 6.07) is 10.5. The molecule has 1 unspecified atom stereocenters. The van der Waals surface area contributed by atoms with Crippen molar-refractivity contribution in [2.75, 3.05) is 25.6 Å². The third-order valence-corrected chi connectivity index (χ3v) is 11.3. The Morgan fingerprint density at radius 2 is 1.62 bits per heavy atom. The minimum absolute atomic E-state index is 0.0592. The summed E-state index contributed by atoms with van der Waals surface area (Å²) in [7, 11) is -4.87. The monoisotopic (exact) mass is 800 g/mol. The number of nitrogens with zero attached hydrogens (tertiary/aromatic N) is 5. The van der Waals surface area contributed by atoms with Gasteiger partial charge in [-0.2, -0.15) is 15.6 Å². The SMILES string of the molecule is CCCCCCCCCCCCCCCCCC[C@@H](COP(=O)(O)OC[C@@]1(C#N)OC[C@](O)(c2ccc3c(N)ncnn23)[C@@H]1O)OCc1cc(F)cc(C#N)c1. The van der Waals surface area contributed by atoms with Gasteiger partial charge in [-0.15, -0.1) is 0 Å². The standard InChI is InChI=1S/C40H58FN6O8P/c1-2-3-4-5-6-7-8-9-10-11-12-13-14-15-16-17-18-34(52-25-32-21-31(24-42)22-33(41)23-32)26-54-56(50,51)55-28-39(27-43)38(48)40(49,29-53-39)36-20-19-35-37(44)45-30-46-47(35)36/h19-23,30,34,38,48-49H,2-18,25-26,28-29H2,1H3,(H,50,51)(H2,44,45,46)/t34-,38+,39+,40-/m0/s1. The van der Waals surface area contributed by atoms with E-state index in [2.05, 4.69) is 17.0 Å². The topological polar surface area (TPSA) is 218 Å². The second kappa shape index (κ2) is 22.4. The highest BCUT2D eigenvalue weighted by molar-refractivity contribution is 7.47. The largest absolute Gasteiger partial charge is 0.472 e. The number of nitrogens with two attached hydrogens (primary N) is 1. The molecule has 4 rings (SSSR count). The van der Waals surface area contributed by atoms with E-state index in [0.717, 1.165) is 38.1 Å². The summed E-state index contributed by atoms with van der Waals surface area (Å²) in [5.41, 5.74) is 2.44. The molecular formula is C40H58FN6O8P. The third kappa shape index (κ3) is 13.0. The zero-order chi connectivity index (χ0) is 40.4. The number of ether oxygens (including phenoxy) is 2. The van der Waals surface area contributed by atoms with E-state index < -0.39 is 50.3 Å². The highest BCUT2D eigenvalue weighted by atomic mass is 31.2. The number of aliphatic hydroxyl groups is 2. The summed E-state index contributed by atoms with van der Waals surface area (Å²) >= 11 is 0. The molecule has 3 aromatic rings. The van der Waals surface area contributed by atoms with E-state index in [9.17, 15) is 34.6 Å². The maximum absolute atomic E-state index is 14.1. The molecule has 14 nitrogen and oxygen atoms in total. The van der Waals surface area contributed by atoms with Gasteiger partial charge in [-0.05, 0) is 42.3 Å². The first-order valence-corrected chi connectivity index (χ1v) is 21.4. The summed E-state index contributed by atoms with van der Waals surface area (Å²) in [6.07, 6.45) is 18.5. The van der Waals surface area contributed by atoms with Crippen LogP contribution in [0.3, 0.4) is 0 Å². The molecule has 0 amide bonds. The molecule has 1 aromatic carbocycles. The first-order chi connectivity index (χ1) is 27.0. The smallest absolute Gasteiger partial charge is 0.385 e. The number of nitrogen functional groups attached to an aromatic ring is 1. The van der Waals surface area contributed by atoms with Crippen molar-refractivity contribution in [2.24, 2.45) is 0 Å². The fourth-order valence-corrected chi connectivity index (χ4v) is 7.85. The molecule has 1 aliphatic rings. The Labute approximate surface area is 329 Å². The Morgan fingerprint density at radius 3 is 2.23 bits per heavy atom. The number of hydrogen-bond donors (Lipinski definition) is 4. The van der Waals surface area contributed by atoms with Crippen LogP contribution in [0.15, 0.2) is 36.7 Å². The fourth-order valence-electron chi connectivity index (χ4n) is 7.06. The number of benzene rings is 1. The Balaban J connectivity index is 1.24. The summed E-state index contributed by atoms with van der Waals surface area (Å²) in [5, 5.41) is 46.1. The Hall–Kier alpha value is -3.50. The maximum Gasteiger partial charge on any atom is 0.472 e. The van der Waals surface area contributed by atoms with Crippen LogP contribution in [0.2, 0.25) is 0 Å². The van der Waals surface area contributed by atoms with Crippen molar-refractivity contribution in [3.63, 3.8) is 0 Å². The van der Waals surface area contributed by atoms with Gasteiger partial charge < -0.3 is 30.3 Å². The van der Waals surface area contributed by atoms with E-state index in [-0.39, 0.29) is 30.3 Å². The quantitative estimate of drug-likeness (QED) is 0.0433. The zero-order valence-corrected chi connectivity index (χ0v) is 33.4. The van der Waals surface area contributed by atoms with E-state index >= 15 is 0 Å². The van der Waals surface area contributed by atoms with Gasteiger partial charge in [-0.1, -0.05) is 110 Å². The van der Waals surface area contributed by atoms with Crippen molar-refractivity contribution in [1.82, 2.24) is 14.6 Å². The molecule has 1 fully saturated rings. The maximum atomic E-state index is 14.1. The van der Waals surface area contributed by atoms with Crippen LogP contribution in [0.1, 0.15) is 133 Å². The molecule has 0 spiro atoms. The molecule has 308 valence electrons. The Bertz CT molecular complexity index is 1800. The van der Waals surface area contributed by atoms with Crippen molar-refractivity contribution in [3.8, 4) is 12.1 Å². The van der Waals surface area contributed by atoms with Gasteiger partial charge in [0.25, 0.3) is 0 Å². The number of anilines is 1. The van der Waals surface area contributed by atoms with E-state index in [4.69, 9.17) is 24.3 Å². The number of nitriles is 2. The van der Waals surface area contributed by atoms with Crippen LogP contribution in [0.4, 0.5) is 10.2 Å². The lowest BCUT2D eigenvalue weighted by molar-refractivity contribution is -0.0837. The van der Waals surface area contributed by atoms with Crippen molar-refractivity contribution in [1.29, 1.82) is 10.5 Å². The number of unbranched alkanes of at least 4 members (excludes halogenated alkanes) is 15. The van der Waals surface area contributed by atoms with E-state index in [0.29, 0.717) is 17.5 Å². The number of phosphoric acid groups is 1. The number of hydrogen-bond acceptors (Lipinski definition) is 12. The van der Waals surface area contributed by atoms with Gasteiger partial charge in [0, 0.05) is 0 Å². The average molecular weight is 801 g/mol. The van der Waals surface area contributed by atoms with Gasteiger partial charge >= 0.3 is 7.82 Å². The normalized spacial score (nSPS) is 21.2. The second-order valence-electron chi connectivity index (χ2n) is 14.8. The van der Waals surface area contributed by atoms with Gasteiger partial charge in [-0.3, -0.25) is 9.05 Å². The Kier molecular flexibility index (Phi) is 18.1.